The van der Waals surface area contributed by atoms with Gasteiger partial charge in [-0.2, -0.15) is 5.26 Å². The van der Waals surface area contributed by atoms with Crippen molar-refractivity contribution in [3.05, 3.63) is 46.6 Å². The Hall–Kier alpha value is -2.34. The van der Waals surface area contributed by atoms with Crippen molar-refractivity contribution >= 4 is 5.82 Å². The van der Waals surface area contributed by atoms with Gasteiger partial charge in [0.1, 0.15) is 17.3 Å². The Morgan fingerprint density at radius 3 is 2.08 bits per heavy atom. The first-order valence-corrected chi connectivity index (χ1v) is 10.0. The van der Waals surface area contributed by atoms with Crippen LogP contribution < -0.4 is 10.7 Å². The number of H-pyrrole nitrogens is 1. The van der Waals surface area contributed by atoms with E-state index in [9.17, 15) is 5.26 Å². The standard InChI is InChI=1S/C23H29N3/c1-17-12-14-18(15-13-17)22-19-10-8-6-4-2-3-5-7-9-11-21(19)26-23(25)20(22)16-24/h12-15H,2-11H2,1H3,(H2,25,26)/p+1. The van der Waals surface area contributed by atoms with E-state index in [0.29, 0.717) is 11.4 Å². The Balaban J connectivity index is 2.10. The summed E-state index contributed by atoms with van der Waals surface area (Å²) in [5.41, 5.74) is 12.8. The van der Waals surface area contributed by atoms with E-state index in [1.807, 2.05) is 0 Å². The molecule has 0 radical (unpaired) electrons. The lowest BCUT2D eigenvalue weighted by atomic mass is 9.88. The number of pyridine rings is 1. The molecule has 136 valence electrons. The molecule has 3 nitrogen and oxygen atoms in total. The summed E-state index contributed by atoms with van der Waals surface area (Å²) in [4.78, 5) is 3.38. The summed E-state index contributed by atoms with van der Waals surface area (Å²) < 4.78 is 0. The molecule has 1 heterocycles. The van der Waals surface area contributed by atoms with Crippen molar-refractivity contribution in [2.24, 2.45) is 0 Å². The minimum absolute atomic E-state index is 0.508. The number of nitrogens with one attached hydrogen (secondary N) is 1. The zero-order chi connectivity index (χ0) is 18.4. The molecule has 3 heteroatoms. The summed E-state index contributed by atoms with van der Waals surface area (Å²) >= 11 is 0. The molecule has 0 saturated carbocycles. The molecular weight excluding hydrogens is 318 g/mol. The number of rotatable bonds is 1. The smallest absolute Gasteiger partial charge is 0.286 e. The summed E-state index contributed by atoms with van der Waals surface area (Å²) in [5, 5.41) is 9.78. The molecule has 0 aliphatic heterocycles. The van der Waals surface area contributed by atoms with Gasteiger partial charge >= 0.3 is 0 Å². The summed E-state index contributed by atoms with van der Waals surface area (Å²) in [6.07, 6.45) is 12.3. The molecule has 26 heavy (non-hydrogen) atoms. The average Bonchev–Trinajstić information content (AvgIpc) is 2.63. The number of hydrogen-bond donors (Lipinski definition) is 1. The van der Waals surface area contributed by atoms with Crippen LogP contribution in [0.3, 0.4) is 0 Å². The van der Waals surface area contributed by atoms with Gasteiger partial charge in [-0.15, -0.1) is 0 Å². The number of anilines is 1. The van der Waals surface area contributed by atoms with E-state index < -0.39 is 0 Å². The zero-order valence-corrected chi connectivity index (χ0v) is 15.9. The van der Waals surface area contributed by atoms with E-state index in [-0.39, 0.29) is 0 Å². The van der Waals surface area contributed by atoms with Gasteiger partial charge in [-0.1, -0.05) is 68.4 Å². The molecule has 0 fully saturated rings. The molecule has 1 aromatic carbocycles. The number of fused-ring (bicyclic) bond motifs is 1. The normalized spacial score (nSPS) is 16.0. The predicted octanol–water partition coefficient (Wildman–Crippen LogP) is 5.15. The molecule has 0 bridgehead atoms. The molecule has 2 aromatic rings. The van der Waals surface area contributed by atoms with E-state index >= 15 is 0 Å². The van der Waals surface area contributed by atoms with Gasteiger partial charge in [0.2, 0.25) is 0 Å². The fourth-order valence-corrected chi connectivity index (χ4v) is 4.05. The fraction of sp³-hybridized carbons (Fsp3) is 0.478. The third-order valence-corrected chi connectivity index (χ3v) is 5.53. The van der Waals surface area contributed by atoms with Gasteiger partial charge in [0, 0.05) is 17.5 Å². The third-order valence-electron chi connectivity index (χ3n) is 5.53. The van der Waals surface area contributed by atoms with E-state index in [0.717, 1.165) is 24.0 Å². The number of aromatic nitrogens is 1. The number of nitrogen functional groups attached to an aromatic ring is 1. The van der Waals surface area contributed by atoms with Crippen LogP contribution >= 0.6 is 0 Å². The van der Waals surface area contributed by atoms with Crippen LogP contribution in [0.5, 0.6) is 0 Å². The highest BCUT2D eigenvalue weighted by Crippen LogP contribution is 2.33. The number of nitriles is 1. The molecule has 0 unspecified atom stereocenters. The van der Waals surface area contributed by atoms with E-state index in [4.69, 9.17) is 5.73 Å². The minimum Gasteiger partial charge on any atom is -0.286 e. The number of hydrogen-bond acceptors (Lipinski definition) is 2. The molecule has 1 aliphatic carbocycles. The Kier molecular flexibility index (Phi) is 6.28. The van der Waals surface area contributed by atoms with E-state index in [2.05, 4.69) is 42.2 Å². The Bertz CT molecular complexity index is 785. The summed E-state index contributed by atoms with van der Waals surface area (Å²) in [5.74, 6) is 0.508. The van der Waals surface area contributed by atoms with Crippen molar-refractivity contribution in [2.45, 2.75) is 71.1 Å². The molecule has 0 saturated heterocycles. The van der Waals surface area contributed by atoms with Crippen LogP contribution in [0.4, 0.5) is 5.82 Å². The van der Waals surface area contributed by atoms with E-state index in [1.54, 1.807) is 0 Å². The second kappa shape index (κ2) is 8.85. The SMILES string of the molecule is Cc1ccc(-c2c(C#N)c(N)[nH+]c3c2CCCCCCCCCC3)cc1. The monoisotopic (exact) mass is 348 g/mol. The molecule has 1 aliphatic rings. The van der Waals surface area contributed by atoms with Crippen molar-refractivity contribution in [1.29, 1.82) is 5.26 Å². The van der Waals surface area contributed by atoms with Gasteiger partial charge in [0.15, 0.2) is 0 Å². The lowest BCUT2D eigenvalue weighted by molar-refractivity contribution is -0.374. The van der Waals surface area contributed by atoms with E-state index in [1.165, 1.54) is 68.2 Å². The van der Waals surface area contributed by atoms with Crippen LogP contribution in [-0.4, -0.2) is 0 Å². The van der Waals surface area contributed by atoms with Crippen molar-refractivity contribution in [3.63, 3.8) is 0 Å². The van der Waals surface area contributed by atoms with Crippen LogP contribution in [0, 0.1) is 18.3 Å². The van der Waals surface area contributed by atoms with Crippen molar-refractivity contribution in [3.8, 4) is 17.2 Å². The van der Waals surface area contributed by atoms with Gasteiger partial charge in [-0.05, 0) is 31.7 Å². The second-order valence-electron chi connectivity index (χ2n) is 7.55. The topological polar surface area (TPSA) is 64.0 Å². The van der Waals surface area contributed by atoms with Gasteiger partial charge in [-0.25, -0.2) is 4.98 Å². The lowest BCUT2D eigenvalue weighted by Crippen LogP contribution is -2.22. The van der Waals surface area contributed by atoms with Crippen LogP contribution in [0.25, 0.3) is 11.1 Å². The Labute approximate surface area is 157 Å². The Morgan fingerprint density at radius 1 is 0.885 bits per heavy atom. The van der Waals surface area contributed by atoms with Crippen molar-refractivity contribution in [2.75, 3.05) is 5.73 Å². The van der Waals surface area contributed by atoms with Crippen LogP contribution in [0.15, 0.2) is 24.3 Å². The largest absolute Gasteiger partial charge is 0.289 e. The zero-order valence-electron chi connectivity index (χ0n) is 15.9. The number of aromatic amines is 1. The highest BCUT2D eigenvalue weighted by molar-refractivity contribution is 5.77. The number of nitrogens with zero attached hydrogens (tertiary/aromatic N) is 1. The average molecular weight is 349 g/mol. The first-order valence-electron chi connectivity index (χ1n) is 10.0. The molecule has 1 aromatic heterocycles. The molecular formula is C23H30N3+. The quantitative estimate of drug-likeness (QED) is 0.774. The van der Waals surface area contributed by atoms with Crippen molar-refractivity contribution < 1.29 is 4.98 Å². The minimum atomic E-state index is 0.508. The fourth-order valence-electron chi connectivity index (χ4n) is 4.05. The number of nitrogens with two attached hydrogens (primary N) is 1. The third kappa shape index (κ3) is 4.25. The molecule has 3 rings (SSSR count). The number of aryl methyl sites for hydroxylation is 2. The van der Waals surface area contributed by atoms with Crippen LogP contribution in [-0.2, 0) is 12.8 Å². The Morgan fingerprint density at radius 2 is 1.46 bits per heavy atom. The predicted molar refractivity (Wildman–Crippen MR) is 107 cm³/mol. The lowest BCUT2D eigenvalue weighted by Gasteiger charge is -2.16. The van der Waals surface area contributed by atoms with Crippen molar-refractivity contribution in [1.82, 2.24) is 0 Å². The van der Waals surface area contributed by atoms with Gasteiger partial charge in [0.05, 0.1) is 0 Å². The summed E-state index contributed by atoms with van der Waals surface area (Å²) in [7, 11) is 0. The van der Waals surface area contributed by atoms with Gasteiger partial charge < -0.3 is 0 Å². The maximum absolute atomic E-state index is 9.78. The number of benzene rings is 1. The molecule has 0 amide bonds. The maximum atomic E-state index is 9.78. The van der Waals surface area contributed by atoms with Crippen LogP contribution in [0.1, 0.15) is 73.8 Å². The van der Waals surface area contributed by atoms with Crippen LogP contribution in [0.2, 0.25) is 0 Å². The highest BCUT2D eigenvalue weighted by Gasteiger charge is 2.22. The second-order valence-corrected chi connectivity index (χ2v) is 7.55. The highest BCUT2D eigenvalue weighted by atomic mass is 14.9. The first kappa shape index (κ1) is 18.5. The summed E-state index contributed by atoms with van der Waals surface area (Å²) in [6.45, 7) is 2.09. The molecule has 0 spiro atoms. The first-order chi connectivity index (χ1) is 12.7. The maximum Gasteiger partial charge on any atom is 0.289 e. The van der Waals surface area contributed by atoms with Gasteiger partial charge in [-0.3, -0.25) is 5.73 Å². The van der Waals surface area contributed by atoms with Gasteiger partial charge in [0.25, 0.3) is 5.82 Å². The molecule has 0 atom stereocenters. The molecule has 3 N–H and O–H groups in total. The summed E-state index contributed by atoms with van der Waals surface area (Å²) in [6, 6.07) is 10.8.